The molecule has 2 unspecified atom stereocenters. The molecule has 2 aliphatic rings. The van der Waals surface area contributed by atoms with Gasteiger partial charge in [0.2, 0.25) is 0 Å². The molecule has 1 heterocycles. The second kappa shape index (κ2) is 8.32. The van der Waals surface area contributed by atoms with Gasteiger partial charge in [-0.2, -0.15) is 0 Å². The average Bonchev–Trinajstić information content (AvgIpc) is 2.37. The first-order chi connectivity index (χ1) is 8.65. The minimum Gasteiger partial charge on any atom is -0.370 e. The van der Waals surface area contributed by atoms with Crippen LogP contribution in [0.2, 0.25) is 0 Å². The first-order valence-corrected chi connectivity index (χ1v) is 7.70. The molecule has 0 aromatic heterocycles. The van der Waals surface area contributed by atoms with Gasteiger partial charge in [0.25, 0.3) is 0 Å². The number of nitrogens with zero attached hydrogens (tertiary/aromatic N) is 2. The molecule has 1 saturated heterocycles. The number of piperidine rings is 1. The van der Waals surface area contributed by atoms with Crippen molar-refractivity contribution in [3.05, 3.63) is 0 Å². The molecule has 0 aromatic carbocycles. The van der Waals surface area contributed by atoms with Crippen molar-refractivity contribution in [2.24, 2.45) is 28.5 Å². The number of aliphatic imine (C=N–C) groups is 1. The minimum absolute atomic E-state index is 0. The molecular formula is C15H30IN3. The van der Waals surface area contributed by atoms with Crippen LogP contribution >= 0.6 is 24.0 Å². The van der Waals surface area contributed by atoms with Crippen LogP contribution in [-0.4, -0.2) is 30.5 Å². The third-order valence-corrected chi connectivity index (χ3v) is 4.66. The Balaban J connectivity index is 0.00000180. The lowest BCUT2D eigenvalue weighted by molar-refractivity contribution is 0.271. The van der Waals surface area contributed by atoms with Gasteiger partial charge in [0.05, 0.1) is 0 Å². The lowest BCUT2D eigenvalue weighted by Crippen LogP contribution is -2.42. The van der Waals surface area contributed by atoms with Crippen LogP contribution in [0.25, 0.3) is 0 Å². The summed E-state index contributed by atoms with van der Waals surface area (Å²) in [6, 6.07) is 0. The summed E-state index contributed by atoms with van der Waals surface area (Å²) in [7, 11) is 0. The summed E-state index contributed by atoms with van der Waals surface area (Å²) in [5.74, 6) is 3.31. The Bertz CT molecular complexity index is 285. The van der Waals surface area contributed by atoms with E-state index in [2.05, 4.69) is 23.7 Å². The number of guanidine groups is 1. The van der Waals surface area contributed by atoms with Crippen molar-refractivity contribution in [3.8, 4) is 0 Å². The molecule has 3 nitrogen and oxygen atoms in total. The molecule has 0 spiro atoms. The molecular weight excluding hydrogens is 349 g/mol. The summed E-state index contributed by atoms with van der Waals surface area (Å²) in [5.41, 5.74) is 6.12. The first kappa shape index (κ1) is 17.1. The zero-order valence-corrected chi connectivity index (χ0v) is 14.8. The van der Waals surface area contributed by atoms with E-state index in [0.29, 0.717) is 0 Å². The van der Waals surface area contributed by atoms with Crippen molar-refractivity contribution in [3.63, 3.8) is 0 Å². The molecule has 2 fully saturated rings. The normalized spacial score (nSPS) is 30.0. The lowest BCUT2D eigenvalue weighted by Gasteiger charge is -2.31. The number of nitrogens with two attached hydrogens (primary N) is 1. The fraction of sp³-hybridized carbons (Fsp3) is 0.933. The third kappa shape index (κ3) is 5.48. The Kier molecular flexibility index (Phi) is 7.47. The summed E-state index contributed by atoms with van der Waals surface area (Å²) in [6.07, 6.45) is 7.99. The van der Waals surface area contributed by atoms with Gasteiger partial charge in [-0.05, 0) is 43.4 Å². The average molecular weight is 379 g/mol. The number of hydrogen-bond acceptors (Lipinski definition) is 1. The van der Waals surface area contributed by atoms with Crippen LogP contribution < -0.4 is 5.73 Å². The second-order valence-electron chi connectivity index (χ2n) is 6.51. The number of halogens is 1. The molecule has 0 amide bonds. The van der Waals surface area contributed by atoms with Crippen LogP contribution in [0, 0.1) is 17.8 Å². The predicted octanol–water partition coefficient (Wildman–Crippen LogP) is 3.48. The summed E-state index contributed by atoms with van der Waals surface area (Å²) in [5, 5.41) is 0. The van der Waals surface area contributed by atoms with Crippen molar-refractivity contribution < 1.29 is 0 Å². The van der Waals surface area contributed by atoms with E-state index in [1.165, 1.54) is 38.5 Å². The largest absolute Gasteiger partial charge is 0.370 e. The van der Waals surface area contributed by atoms with Crippen molar-refractivity contribution in [2.45, 2.75) is 52.4 Å². The van der Waals surface area contributed by atoms with Crippen LogP contribution in [-0.2, 0) is 0 Å². The molecule has 112 valence electrons. The van der Waals surface area contributed by atoms with E-state index < -0.39 is 0 Å². The van der Waals surface area contributed by atoms with Gasteiger partial charge in [0.1, 0.15) is 0 Å². The Morgan fingerprint density at radius 2 is 1.79 bits per heavy atom. The van der Waals surface area contributed by atoms with Crippen LogP contribution in [0.5, 0.6) is 0 Å². The van der Waals surface area contributed by atoms with Crippen molar-refractivity contribution in [1.82, 2.24) is 4.90 Å². The Morgan fingerprint density at radius 3 is 2.42 bits per heavy atom. The Labute approximate surface area is 135 Å². The zero-order chi connectivity index (χ0) is 13.0. The van der Waals surface area contributed by atoms with Crippen molar-refractivity contribution in [1.29, 1.82) is 0 Å². The molecule has 0 bridgehead atoms. The molecule has 2 N–H and O–H groups in total. The molecule has 1 aliphatic carbocycles. The SMILES string of the molecule is CC1CCN(C(N)=NCC2CCCC(C)C2)CC1.I. The van der Waals surface area contributed by atoms with E-state index in [9.17, 15) is 0 Å². The smallest absolute Gasteiger partial charge is 0.191 e. The van der Waals surface area contributed by atoms with Gasteiger partial charge in [-0.15, -0.1) is 24.0 Å². The summed E-state index contributed by atoms with van der Waals surface area (Å²) in [6.45, 7) is 7.83. The standard InChI is InChI=1S/C15H29N3.HI/c1-12-6-8-18(9-7-12)15(16)17-11-14-5-3-4-13(2)10-14;/h12-14H,3-11H2,1-2H3,(H2,16,17);1H. The fourth-order valence-corrected chi connectivity index (χ4v) is 3.29. The molecule has 4 heteroatoms. The van der Waals surface area contributed by atoms with Crippen LogP contribution in [0.1, 0.15) is 52.4 Å². The lowest BCUT2D eigenvalue weighted by atomic mass is 9.82. The number of hydrogen-bond donors (Lipinski definition) is 1. The monoisotopic (exact) mass is 379 g/mol. The molecule has 1 aliphatic heterocycles. The van der Waals surface area contributed by atoms with Gasteiger partial charge in [-0.3, -0.25) is 4.99 Å². The van der Waals surface area contributed by atoms with Gasteiger partial charge >= 0.3 is 0 Å². The zero-order valence-electron chi connectivity index (χ0n) is 12.5. The van der Waals surface area contributed by atoms with Gasteiger partial charge in [-0.25, -0.2) is 0 Å². The van der Waals surface area contributed by atoms with E-state index in [1.54, 1.807) is 0 Å². The molecule has 19 heavy (non-hydrogen) atoms. The summed E-state index contributed by atoms with van der Waals surface area (Å²) in [4.78, 5) is 6.92. The van der Waals surface area contributed by atoms with Gasteiger partial charge in [0, 0.05) is 19.6 Å². The number of likely N-dealkylation sites (tertiary alicyclic amines) is 1. The highest BCUT2D eigenvalue weighted by atomic mass is 127. The van der Waals surface area contributed by atoms with E-state index in [0.717, 1.165) is 43.3 Å². The first-order valence-electron chi connectivity index (χ1n) is 7.70. The Hall–Kier alpha value is 0. The highest BCUT2D eigenvalue weighted by Crippen LogP contribution is 2.28. The second-order valence-corrected chi connectivity index (χ2v) is 6.51. The van der Waals surface area contributed by atoms with Gasteiger partial charge in [0.15, 0.2) is 5.96 Å². The van der Waals surface area contributed by atoms with Gasteiger partial charge in [-0.1, -0.05) is 26.7 Å². The minimum atomic E-state index is 0. The molecule has 2 rings (SSSR count). The fourth-order valence-electron chi connectivity index (χ4n) is 3.29. The van der Waals surface area contributed by atoms with Crippen molar-refractivity contribution >= 4 is 29.9 Å². The van der Waals surface area contributed by atoms with E-state index >= 15 is 0 Å². The van der Waals surface area contributed by atoms with E-state index in [-0.39, 0.29) is 24.0 Å². The maximum atomic E-state index is 6.12. The van der Waals surface area contributed by atoms with Crippen LogP contribution in [0.4, 0.5) is 0 Å². The maximum Gasteiger partial charge on any atom is 0.191 e. The van der Waals surface area contributed by atoms with Crippen LogP contribution in [0.15, 0.2) is 4.99 Å². The third-order valence-electron chi connectivity index (χ3n) is 4.66. The van der Waals surface area contributed by atoms with Gasteiger partial charge < -0.3 is 10.6 Å². The quantitative estimate of drug-likeness (QED) is 0.454. The Morgan fingerprint density at radius 1 is 1.11 bits per heavy atom. The molecule has 0 radical (unpaired) electrons. The molecule has 1 saturated carbocycles. The topological polar surface area (TPSA) is 41.6 Å². The molecule has 0 aromatic rings. The summed E-state index contributed by atoms with van der Waals surface area (Å²) < 4.78 is 0. The highest BCUT2D eigenvalue weighted by molar-refractivity contribution is 14.0. The van der Waals surface area contributed by atoms with E-state index in [4.69, 9.17) is 5.73 Å². The maximum absolute atomic E-state index is 6.12. The predicted molar refractivity (Wildman–Crippen MR) is 93.0 cm³/mol. The van der Waals surface area contributed by atoms with Crippen molar-refractivity contribution in [2.75, 3.05) is 19.6 Å². The van der Waals surface area contributed by atoms with Crippen LogP contribution in [0.3, 0.4) is 0 Å². The molecule has 2 atom stereocenters. The highest BCUT2D eigenvalue weighted by Gasteiger charge is 2.20. The van der Waals surface area contributed by atoms with E-state index in [1.807, 2.05) is 0 Å². The summed E-state index contributed by atoms with van der Waals surface area (Å²) >= 11 is 0. The number of rotatable bonds is 2.